The Morgan fingerprint density at radius 1 is 1.38 bits per heavy atom. The zero-order valence-corrected chi connectivity index (χ0v) is 9.05. The van der Waals surface area contributed by atoms with Gasteiger partial charge in [-0.3, -0.25) is 4.99 Å². The molecule has 16 heavy (non-hydrogen) atoms. The summed E-state index contributed by atoms with van der Waals surface area (Å²) in [6, 6.07) is 3.86. The van der Waals surface area contributed by atoms with Gasteiger partial charge in [-0.2, -0.15) is 0 Å². The van der Waals surface area contributed by atoms with E-state index in [0.717, 1.165) is 17.6 Å². The van der Waals surface area contributed by atoms with E-state index in [1.807, 2.05) is 30.7 Å². The summed E-state index contributed by atoms with van der Waals surface area (Å²) in [7, 11) is 1.61. The number of nitrogens with one attached hydrogen (secondary N) is 1. The average molecular weight is 215 g/mol. The summed E-state index contributed by atoms with van der Waals surface area (Å²) in [6.07, 6.45) is 9.88. The Morgan fingerprint density at radius 2 is 2.31 bits per heavy atom. The maximum Gasteiger partial charge on any atom is 0.212 e. The zero-order valence-electron chi connectivity index (χ0n) is 9.05. The summed E-state index contributed by atoms with van der Waals surface area (Å²) in [5.74, 6) is 0.632. The molecule has 0 saturated carbocycles. The average Bonchev–Trinajstić information content (AvgIpc) is 2.59. The van der Waals surface area contributed by atoms with Crippen molar-refractivity contribution in [1.82, 2.24) is 10.3 Å². The van der Waals surface area contributed by atoms with Gasteiger partial charge < -0.3 is 10.1 Å². The van der Waals surface area contributed by atoms with Crippen molar-refractivity contribution in [3.05, 3.63) is 48.1 Å². The summed E-state index contributed by atoms with van der Waals surface area (Å²) in [5, 5.41) is 3.03. The number of aromatic nitrogens is 1. The maximum absolute atomic E-state index is 5.00. The van der Waals surface area contributed by atoms with Gasteiger partial charge in [0.15, 0.2) is 0 Å². The highest BCUT2D eigenvalue weighted by molar-refractivity contribution is 5.79. The number of ether oxygens (including phenoxy) is 1. The smallest absolute Gasteiger partial charge is 0.212 e. The van der Waals surface area contributed by atoms with E-state index in [1.54, 1.807) is 19.5 Å². The van der Waals surface area contributed by atoms with Crippen LogP contribution in [0.4, 0.5) is 0 Å². The van der Waals surface area contributed by atoms with Gasteiger partial charge >= 0.3 is 0 Å². The number of hydrogen-bond acceptors (Lipinski definition) is 4. The summed E-state index contributed by atoms with van der Waals surface area (Å²) < 4.78 is 5.00. The quantitative estimate of drug-likeness (QED) is 0.834. The van der Waals surface area contributed by atoms with E-state index < -0.39 is 0 Å². The molecule has 0 radical (unpaired) electrons. The van der Waals surface area contributed by atoms with Crippen LogP contribution in [0.15, 0.2) is 47.5 Å². The van der Waals surface area contributed by atoms with Crippen LogP contribution in [0.1, 0.15) is 5.56 Å². The third-order valence-corrected chi connectivity index (χ3v) is 2.18. The van der Waals surface area contributed by atoms with E-state index in [0.29, 0.717) is 5.88 Å². The molecule has 0 fully saturated rings. The Morgan fingerprint density at radius 3 is 3.06 bits per heavy atom. The van der Waals surface area contributed by atoms with Crippen molar-refractivity contribution in [3.63, 3.8) is 0 Å². The predicted molar refractivity (Wildman–Crippen MR) is 63.3 cm³/mol. The number of allylic oxidation sites excluding steroid dienone is 1. The van der Waals surface area contributed by atoms with Gasteiger partial charge in [-0.25, -0.2) is 4.98 Å². The molecule has 1 aromatic rings. The second-order valence-electron chi connectivity index (χ2n) is 3.37. The highest BCUT2D eigenvalue weighted by Gasteiger charge is 1.99. The van der Waals surface area contributed by atoms with E-state index in [1.165, 1.54) is 0 Å². The SMILES string of the molecule is COc1ccc(CC2=CNC=CN=C2)cn1. The number of hydrogen-bond donors (Lipinski definition) is 1. The van der Waals surface area contributed by atoms with Gasteiger partial charge in [-0.1, -0.05) is 6.07 Å². The number of nitrogens with zero attached hydrogens (tertiary/aromatic N) is 2. The Balaban J connectivity index is 2.06. The Labute approximate surface area is 94.4 Å². The van der Waals surface area contributed by atoms with Crippen LogP contribution in [0, 0.1) is 0 Å². The standard InChI is InChI=1S/C12H13N3O/c1-16-12-3-2-10(9-15-12)6-11-7-13-4-5-14-8-11/h2-5,7-9,13H,6H2,1H3. The highest BCUT2D eigenvalue weighted by atomic mass is 16.5. The first kappa shape index (κ1) is 10.4. The van der Waals surface area contributed by atoms with Crippen molar-refractivity contribution in [2.45, 2.75) is 6.42 Å². The number of rotatable bonds is 3. The van der Waals surface area contributed by atoms with Gasteiger partial charge in [0.2, 0.25) is 5.88 Å². The zero-order chi connectivity index (χ0) is 11.2. The van der Waals surface area contributed by atoms with E-state index in [2.05, 4.69) is 15.3 Å². The molecule has 0 atom stereocenters. The monoisotopic (exact) mass is 215 g/mol. The lowest BCUT2D eigenvalue weighted by molar-refractivity contribution is 0.397. The van der Waals surface area contributed by atoms with Gasteiger partial charge in [0, 0.05) is 43.5 Å². The fraction of sp³-hybridized carbons (Fsp3) is 0.167. The predicted octanol–water partition coefficient (Wildman–Crippen LogP) is 1.66. The van der Waals surface area contributed by atoms with Gasteiger partial charge in [0.1, 0.15) is 0 Å². The molecule has 1 aromatic heterocycles. The first-order valence-corrected chi connectivity index (χ1v) is 5.01. The lowest BCUT2D eigenvalue weighted by atomic mass is 10.1. The highest BCUT2D eigenvalue weighted by Crippen LogP contribution is 2.10. The lowest BCUT2D eigenvalue weighted by Gasteiger charge is -2.03. The van der Waals surface area contributed by atoms with Crippen molar-refractivity contribution in [2.24, 2.45) is 4.99 Å². The number of aliphatic imine (C=N–C) groups is 1. The van der Waals surface area contributed by atoms with Crippen LogP contribution in [0.25, 0.3) is 0 Å². The first-order valence-electron chi connectivity index (χ1n) is 5.01. The van der Waals surface area contributed by atoms with Gasteiger partial charge in [0.25, 0.3) is 0 Å². The van der Waals surface area contributed by atoms with E-state index >= 15 is 0 Å². The van der Waals surface area contributed by atoms with Crippen LogP contribution in [-0.2, 0) is 6.42 Å². The van der Waals surface area contributed by atoms with Gasteiger partial charge in [0.05, 0.1) is 7.11 Å². The summed E-state index contributed by atoms with van der Waals surface area (Å²) >= 11 is 0. The van der Waals surface area contributed by atoms with Gasteiger partial charge in [-0.15, -0.1) is 0 Å². The lowest BCUT2D eigenvalue weighted by Crippen LogP contribution is -1.98. The molecule has 4 nitrogen and oxygen atoms in total. The molecule has 0 amide bonds. The summed E-state index contributed by atoms with van der Waals surface area (Å²) in [6.45, 7) is 0. The molecule has 1 aliphatic rings. The Kier molecular flexibility index (Phi) is 3.33. The van der Waals surface area contributed by atoms with Crippen LogP contribution in [0.2, 0.25) is 0 Å². The third-order valence-electron chi connectivity index (χ3n) is 2.18. The molecule has 4 heteroatoms. The van der Waals surface area contributed by atoms with Crippen LogP contribution < -0.4 is 10.1 Å². The summed E-state index contributed by atoms with van der Waals surface area (Å²) in [5.41, 5.74) is 2.24. The van der Waals surface area contributed by atoms with E-state index in [9.17, 15) is 0 Å². The minimum absolute atomic E-state index is 0.632. The third kappa shape index (κ3) is 2.70. The molecule has 0 aliphatic carbocycles. The largest absolute Gasteiger partial charge is 0.481 e. The topological polar surface area (TPSA) is 46.5 Å². The second kappa shape index (κ2) is 5.11. The fourth-order valence-electron chi connectivity index (χ4n) is 1.39. The minimum atomic E-state index is 0.632. The molecule has 1 N–H and O–H groups in total. The minimum Gasteiger partial charge on any atom is -0.481 e. The fourth-order valence-corrected chi connectivity index (χ4v) is 1.39. The van der Waals surface area contributed by atoms with Crippen LogP contribution >= 0.6 is 0 Å². The molecule has 0 spiro atoms. The molecular weight excluding hydrogens is 202 g/mol. The van der Waals surface area contributed by atoms with Crippen LogP contribution in [0.3, 0.4) is 0 Å². The van der Waals surface area contributed by atoms with Crippen molar-refractivity contribution in [1.29, 1.82) is 0 Å². The molecule has 2 heterocycles. The number of pyridine rings is 1. The van der Waals surface area contributed by atoms with Crippen molar-refractivity contribution >= 4 is 6.21 Å². The molecule has 0 unspecified atom stereocenters. The maximum atomic E-state index is 5.00. The second-order valence-corrected chi connectivity index (χ2v) is 3.37. The van der Waals surface area contributed by atoms with Crippen molar-refractivity contribution in [3.8, 4) is 5.88 Å². The normalized spacial score (nSPS) is 13.9. The molecule has 2 rings (SSSR count). The van der Waals surface area contributed by atoms with Gasteiger partial charge in [-0.05, 0) is 11.1 Å². The molecule has 82 valence electrons. The molecule has 0 saturated heterocycles. The first-order chi connectivity index (χ1) is 7.88. The van der Waals surface area contributed by atoms with E-state index in [-0.39, 0.29) is 0 Å². The van der Waals surface area contributed by atoms with Crippen LogP contribution in [-0.4, -0.2) is 18.3 Å². The summed E-state index contributed by atoms with van der Waals surface area (Å²) in [4.78, 5) is 8.26. The van der Waals surface area contributed by atoms with E-state index in [4.69, 9.17) is 4.74 Å². The Bertz CT molecular complexity index is 432. The Hall–Kier alpha value is -2.10. The molecule has 0 bridgehead atoms. The molecule has 0 aromatic carbocycles. The molecule has 1 aliphatic heterocycles. The molecular formula is C12H13N3O. The van der Waals surface area contributed by atoms with Crippen molar-refractivity contribution < 1.29 is 4.74 Å². The number of methoxy groups -OCH3 is 1. The van der Waals surface area contributed by atoms with Crippen molar-refractivity contribution in [2.75, 3.05) is 7.11 Å². The van der Waals surface area contributed by atoms with Crippen LogP contribution in [0.5, 0.6) is 5.88 Å².